The van der Waals surface area contributed by atoms with Crippen LogP contribution >= 0.6 is 0 Å². The Balaban J connectivity index is 0.000000686. The van der Waals surface area contributed by atoms with Gasteiger partial charge in [0.1, 0.15) is 0 Å². The van der Waals surface area contributed by atoms with Crippen molar-refractivity contribution in [3.63, 3.8) is 0 Å². The van der Waals surface area contributed by atoms with Gasteiger partial charge in [-0.25, -0.2) is 0 Å². The van der Waals surface area contributed by atoms with Crippen LogP contribution in [0.1, 0.15) is 30.5 Å². The molecule has 0 nitrogen and oxygen atoms in total. The number of hydrogen-bond donors (Lipinski definition) is 0. The van der Waals surface area contributed by atoms with Gasteiger partial charge in [-0.2, -0.15) is 0 Å². The second-order valence-corrected chi connectivity index (χ2v) is 3.66. The third-order valence-electron chi connectivity index (χ3n) is 2.59. The van der Waals surface area contributed by atoms with Crippen LogP contribution in [0, 0.1) is 6.92 Å². The summed E-state index contributed by atoms with van der Waals surface area (Å²) in [6, 6.07) is 18.6. The third-order valence-corrected chi connectivity index (χ3v) is 2.59. The first-order valence-corrected chi connectivity index (χ1v) is 6.09. The molecule has 0 unspecified atom stereocenters. The topological polar surface area (TPSA) is 0 Å². The van der Waals surface area contributed by atoms with Gasteiger partial charge in [0.05, 0.1) is 0 Å². The highest BCUT2D eigenvalue weighted by Gasteiger charge is 2.03. The quantitative estimate of drug-likeness (QED) is 0.667. The second kappa shape index (κ2) is 6.70. The molecule has 0 saturated carbocycles. The Kier molecular flexibility index (Phi) is 5.22. The lowest BCUT2D eigenvalue weighted by atomic mass is 9.96. The van der Waals surface area contributed by atoms with Crippen LogP contribution in [0.15, 0.2) is 61.2 Å². The SMILES string of the molecule is C=C(c1ccccc1)c1ccccc1C.CC. The summed E-state index contributed by atoms with van der Waals surface area (Å²) in [4.78, 5) is 0. The summed E-state index contributed by atoms with van der Waals surface area (Å²) in [5.41, 5.74) is 4.77. The van der Waals surface area contributed by atoms with Gasteiger partial charge in [-0.3, -0.25) is 0 Å². The Morgan fingerprint density at radius 1 is 0.824 bits per heavy atom. The van der Waals surface area contributed by atoms with Gasteiger partial charge in [0.15, 0.2) is 0 Å². The molecule has 2 aromatic carbocycles. The first kappa shape index (κ1) is 13.2. The van der Waals surface area contributed by atoms with E-state index in [9.17, 15) is 0 Å². The summed E-state index contributed by atoms with van der Waals surface area (Å²) in [6.07, 6.45) is 0. The fraction of sp³-hybridized carbons (Fsp3) is 0.176. The molecule has 0 fully saturated rings. The molecular formula is C17H20. The maximum atomic E-state index is 4.16. The minimum atomic E-state index is 1.09. The van der Waals surface area contributed by atoms with E-state index in [1.54, 1.807) is 0 Å². The van der Waals surface area contributed by atoms with E-state index in [0.29, 0.717) is 0 Å². The maximum Gasteiger partial charge on any atom is -0.0155 e. The van der Waals surface area contributed by atoms with Crippen molar-refractivity contribution < 1.29 is 0 Å². The zero-order valence-electron chi connectivity index (χ0n) is 10.9. The van der Waals surface area contributed by atoms with Gasteiger partial charge in [0, 0.05) is 0 Å². The van der Waals surface area contributed by atoms with E-state index in [0.717, 1.165) is 5.57 Å². The van der Waals surface area contributed by atoms with Crippen LogP contribution in [0.25, 0.3) is 5.57 Å². The molecule has 0 heteroatoms. The van der Waals surface area contributed by atoms with Crippen molar-refractivity contribution in [2.24, 2.45) is 0 Å². The summed E-state index contributed by atoms with van der Waals surface area (Å²) >= 11 is 0. The highest BCUT2D eigenvalue weighted by atomic mass is 14.1. The Morgan fingerprint density at radius 2 is 1.35 bits per heavy atom. The van der Waals surface area contributed by atoms with E-state index in [1.807, 2.05) is 32.0 Å². The summed E-state index contributed by atoms with van der Waals surface area (Å²) in [7, 11) is 0. The van der Waals surface area contributed by atoms with Crippen LogP contribution in [0.2, 0.25) is 0 Å². The molecule has 0 atom stereocenters. The molecule has 88 valence electrons. The smallest absolute Gasteiger partial charge is 0.0155 e. The van der Waals surface area contributed by atoms with Crippen LogP contribution < -0.4 is 0 Å². The van der Waals surface area contributed by atoms with Gasteiger partial charge >= 0.3 is 0 Å². The highest BCUT2D eigenvalue weighted by Crippen LogP contribution is 2.23. The Labute approximate surface area is 105 Å². The van der Waals surface area contributed by atoms with Gasteiger partial charge in [-0.05, 0) is 29.2 Å². The summed E-state index contributed by atoms with van der Waals surface area (Å²) in [5, 5.41) is 0. The van der Waals surface area contributed by atoms with Crippen molar-refractivity contribution in [2.45, 2.75) is 20.8 Å². The zero-order valence-corrected chi connectivity index (χ0v) is 10.9. The molecule has 0 heterocycles. The molecule has 0 aromatic heterocycles. The van der Waals surface area contributed by atoms with E-state index in [1.165, 1.54) is 16.7 Å². The predicted octanol–water partition coefficient (Wildman–Crippen LogP) is 5.08. The molecule has 0 radical (unpaired) electrons. The van der Waals surface area contributed by atoms with Crippen molar-refractivity contribution >= 4 is 5.57 Å². The standard InChI is InChI=1S/C15H14.C2H6/c1-12-8-6-7-11-15(12)13(2)14-9-4-3-5-10-14;1-2/h3-11H,2H2,1H3;1-2H3. The number of aryl methyl sites for hydroxylation is 1. The van der Waals surface area contributed by atoms with Crippen molar-refractivity contribution in [2.75, 3.05) is 0 Å². The molecular weight excluding hydrogens is 204 g/mol. The fourth-order valence-corrected chi connectivity index (χ4v) is 1.71. The van der Waals surface area contributed by atoms with Gasteiger partial charge in [0.2, 0.25) is 0 Å². The molecule has 0 bridgehead atoms. The van der Waals surface area contributed by atoms with E-state index in [4.69, 9.17) is 0 Å². The second-order valence-electron chi connectivity index (χ2n) is 3.66. The van der Waals surface area contributed by atoms with Gasteiger partial charge in [-0.15, -0.1) is 0 Å². The maximum absolute atomic E-state index is 4.16. The number of benzene rings is 2. The summed E-state index contributed by atoms with van der Waals surface area (Å²) < 4.78 is 0. The first-order chi connectivity index (χ1) is 8.29. The van der Waals surface area contributed by atoms with Crippen LogP contribution in [0.5, 0.6) is 0 Å². The average Bonchev–Trinajstić information content (AvgIpc) is 2.42. The molecule has 0 aliphatic heterocycles. The monoisotopic (exact) mass is 224 g/mol. The van der Waals surface area contributed by atoms with E-state index >= 15 is 0 Å². The van der Waals surface area contributed by atoms with Crippen molar-refractivity contribution in [1.82, 2.24) is 0 Å². The Hall–Kier alpha value is -1.82. The van der Waals surface area contributed by atoms with Gasteiger partial charge in [-0.1, -0.05) is 75.0 Å². The molecule has 0 aliphatic rings. The molecule has 0 aliphatic carbocycles. The fourth-order valence-electron chi connectivity index (χ4n) is 1.71. The lowest BCUT2D eigenvalue weighted by Crippen LogP contribution is -1.88. The molecule has 0 spiro atoms. The minimum Gasteiger partial charge on any atom is -0.0905 e. The molecule has 2 aromatic rings. The predicted molar refractivity (Wildman–Crippen MR) is 77.1 cm³/mol. The normalized spacial score (nSPS) is 9.12. The number of hydrogen-bond acceptors (Lipinski definition) is 0. The Morgan fingerprint density at radius 3 is 1.94 bits per heavy atom. The van der Waals surface area contributed by atoms with E-state index in [2.05, 4.69) is 49.9 Å². The van der Waals surface area contributed by atoms with Gasteiger partial charge < -0.3 is 0 Å². The number of rotatable bonds is 2. The molecule has 0 amide bonds. The van der Waals surface area contributed by atoms with Crippen molar-refractivity contribution in [3.8, 4) is 0 Å². The van der Waals surface area contributed by atoms with E-state index in [-0.39, 0.29) is 0 Å². The van der Waals surface area contributed by atoms with Crippen molar-refractivity contribution in [3.05, 3.63) is 77.9 Å². The first-order valence-electron chi connectivity index (χ1n) is 6.09. The van der Waals surface area contributed by atoms with Crippen LogP contribution in [-0.4, -0.2) is 0 Å². The lowest BCUT2D eigenvalue weighted by molar-refractivity contribution is 1.42. The van der Waals surface area contributed by atoms with Crippen molar-refractivity contribution in [1.29, 1.82) is 0 Å². The van der Waals surface area contributed by atoms with Gasteiger partial charge in [0.25, 0.3) is 0 Å². The highest BCUT2D eigenvalue weighted by molar-refractivity contribution is 5.79. The van der Waals surface area contributed by atoms with E-state index < -0.39 is 0 Å². The largest absolute Gasteiger partial charge is 0.0905 e. The van der Waals surface area contributed by atoms with Crippen LogP contribution in [-0.2, 0) is 0 Å². The molecule has 2 rings (SSSR count). The average molecular weight is 224 g/mol. The molecule has 0 N–H and O–H groups in total. The zero-order chi connectivity index (χ0) is 12.7. The lowest BCUT2D eigenvalue weighted by Gasteiger charge is -2.08. The van der Waals surface area contributed by atoms with Crippen LogP contribution in [0.4, 0.5) is 0 Å². The minimum absolute atomic E-state index is 1.09. The third kappa shape index (κ3) is 3.32. The van der Waals surface area contributed by atoms with Crippen LogP contribution in [0.3, 0.4) is 0 Å². The Bertz CT molecular complexity index is 466. The summed E-state index contributed by atoms with van der Waals surface area (Å²) in [6.45, 7) is 10.3. The summed E-state index contributed by atoms with van der Waals surface area (Å²) in [5.74, 6) is 0. The molecule has 0 saturated heterocycles. The molecule has 17 heavy (non-hydrogen) atoms.